The normalized spacial score (nSPS) is 10.8. The van der Waals surface area contributed by atoms with E-state index in [0.717, 1.165) is 29.4 Å². The summed E-state index contributed by atoms with van der Waals surface area (Å²) < 4.78 is 0. The highest BCUT2D eigenvalue weighted by atomic mass is 32.1. The Bertz CT molecular complexity index is 619. The van der Waals surface area contributed by atoms with Gasteiger partial charge in [0.15, 0.2) is 0 Å². The molecule has 2 rings (SSSR count). The van der Waals surface area contributed by atoms with Gasteiger partial charge in [-0.25, -0.2) is 9.97 Å². The monoisotopic (exact) mass is 293 g/mol. The lowest BCUT2D eigenvalue weighted by molar-refractivity contribution is 0.843. The average molecular weight is 293 g/mol. The van der Waals surface area contributed by atoms with Gasteiger partial charge < -0.3 is 15.6 Å². The predicted octanol–water partition coefficient (Wildman–Crippen LogP) is 2.39. The van der Waals surface area contributed by atoms with Gasteiger partial charge in [-0.05, 0) is 12.8 Å². The van der Waals surface area contributed by atoms with Crippen LogP contribution in [0.5, 0.6) is 0 Å². The summed E-state index contributed by atoms with van der Waals surface area (Å²) in [6, 6.07) is 0. The van der Waals surface area contributed by atoms with E-state index in [1.54, 1.807) is 6.33 Å². The molecule has 0 spiro atoms. The van der Waals surface area contributed by atoms with E-state index >= 15 is 0 Å². The minimum absolute atomic E-state index is 0.0399. The summed E-state index contributed by atoms with van der Waals surface area (Å²) in [5, 5.41) is 8.34. The van der Waals surface area contributed by atoms with Crippen LogP contribution in [-0.4, -0.2) is 21.5 Å². The van der Waals surface area contributed by atoms with E-state index in [1.807, 2.05) is 12.3 Å². The summed E-state index contributed by atoms with van der Waals surface area (Å²) in [5.41, 5.74) is 1.92. The first-order valence-corrected chi connectivity index (χ1v) is 7.49. The predicted molar refractivity (Wildman–Crippen MR) is 82.6 cm³/mol. The van der Waals surface area contributed by atoms with Gasteiger partial charge in [-0.2, -0.15) is 0 Å². The van der Waals surface area contributed by atoms with Crippen molar-refractivity contribution in [2.75, 3.05) is 17.2 Å². The Kier molecular flexibility index (Phi) is 4.73. The van der Waals surface area contributed by atoms with E-state index in [9.17, 15) is 4.79 Å². The number of aromatic nitrogens is 3. The molecule has 0 aliphatic carbocycles. The molecule has 0 aliphatic rings. The third-order valence-corrected chi connectivity index (χ3v) is 3.54. The largest absolute Gasteiger partial charge is 0.370 e. The second-order valence-electron chi connectivity index (χ2n) is 4.70. The molecular weight excluding hydrogens is 274 g/mol. The number of rotatable bonds is 6. The number of aromatic amines is 1. The third-order valence-electron chi connectivity index (χ3n) is 2.82. The molecule has 6 nitrogen and oxygen atoms in total. The Morgan fingerprint density at radius 3 is 2.55 bits per heavy atom. The molecule has 2 aromatic heterocycles. The van der Waals surface area contributed by atoms with Crippen molar-refractivity contribution in [2.45, 2.75) is 33.2 Å². The quantitative estimate of drug-likeness (QED) is 0.762. The smallest absolute Gasteiger partial charge is 0.304 e. The van der Waals surface area contributed by atoms with Crippen molar-refractivity contribution in [1.29, 1.82) is 0 Å². The molecule has 0 aliphatic heterocycles. The highest BCUT2D eigenvalue weighted by molar-refractivity contribution is 7.07. The molecule has 0 amide bonds. The van der Waals surface area contributed by atoms with Gasteiger partial charge in [-0.15, -0.1) is 0 Å². The molecular formula is C13H19N5OS. The van der Waals surface area contributed by atoms with Crippen molar-refractivity contribution in [1.82, 2.24) is 15.0 Å². The summed E-state index contributed by atoms with van der Waals surface area (Å²) in [6.07, 6.45) is 1.54. The molecule has 0 bridgehead atoms. The van der Waals surface area contributed by atoms with Crippen LogP contribution in [0.4, 0.5) is 11.6 Å². The number of nitrogens with zero attached hydrogens (tertiary/aromatic N) is 2. The molecule has 20 heavy (non-hydrogen) atoms. The standard InChI is InChI=1S/C13H19N5OS/c1-4-14-11-10(8(2)3)12(17-7-16-11)15-5-9-6-20-13(19)18-9/h6-8H,4-5H2,1-3H3,(H,18,19)(H2,14,15,16,17). The molecule has 2 aromatic rings. The molecule has 0 fully saturated rings. The first kappa shape index (κ1) is 14.5. The zero-order valence-corrected chi connectivity index (χ0v) is 12.7. The Labute approximate surface area is 121 Å². The molecule has 3 N–H and O–H groups in total. The van der Waals surface area contributed by atoms with Crippen LogP contribution in [-0.2, 0) is 6.54 Å². The minimum atomic E-state index is -0.0399. The van der Waals surface area contributed by atoms with Crippen LogP contribution in [0.25, 0.3) is 0 Å². The second-order valence-corrected chi connectivity index (χ2v) is 5.54. The minimum Gasteiger partial charge on any atom is -0.370 e. The number of anilines is 2. The number of hydrogen-bond acceptors (Lipinski definition) is 6. The maximum Gasteiger partial charge on any atom is 0.304 e. The number of thiazole rings is 1. The van der Waals surface area contributed by atoms with E-state index < -0.39 is 0 Å². The van der Waals surface area contributed by atoms with Crippen molar-refractivity contribution in [2.24, 2.45) is 0 Å². The number of nitrogens with one attached hydrogen (secondary N) is 3. The summed E-state index contributed by atoms with van der Waals surface area (Å²) in [7, 11) is 0. The lowest BCUT2D eigenvalue weighted by atomic mass is 10.0. The summed E-state index contributed by atoms with van der Waals surface area (Å²) in [4.78, 5) is 22.5. The molecule has 0 radical (unpaired) electrons. The van der Waals surface area contributed by atoms with Crippen LogP contribution in [0.3, 0.4) is 0 Å². The zero-order chi connectivity index (χ0) is 14.5. The Morgan fingerprint density at radius 2 is 2.00 bits per heavy atom. The SMILES string of the molecule is CCNc1ncnc(NCc2csc(=O)[nH]2)c1C(C)C. The average Bonchev–Trinajstić information content (AvgIpc) is 2.82. The maximum atomic E-state index is 11.1. The fourth-order valence-corrected chi connectivity index (χ4v) is 2.55. The van der Waals surface area contributed by atoms with Gasteiger partial charge in [-0.1, -0.05) is 25.2 Å². The van der Waals surface area contributed by atoms with E-state index in [0.29, 0.717) is 12.5 Å². The Balaban J connectivity index is 2.21. The van der Waals surface area contributed by atoms with Gasteiger partial charge in [0.2, 0.25) is 0 Å². The van der Waals surface area contributed by atoms with Crippen molar-refractivity contribution >= 4 is 23.0 Å². The third kappa shape index (κ3) is 3.36. The van der Waals surface area contributed by atoms with E-state index in [2.05, 4.69) is 39.4 Å². The van der Waals surface area contributed by atoms with Crippen LogP contribution in [0, 0.1) is 0 Å². The van der Waals surface area contributed by atoms with Crippen LogP contribution in [0.2, 0.25) is 0 Å². The van der Waals surface area contributed by atoms with Crippen LogP contribution >= 0.6 is 11.3 Å². The zero-order valence-electron chi connectivity index (χ0n) is 11.9. The molecule has 0 atom stereocenters. The summed E-state index contributed by atoms with van der Waals surface area (Å²) in [5.74, 6) is 1.96. The number of H-pyrrole nitrogens is 1. The first-order valence-electron chi connectivity index (χ1n) is 6.61. The molecule has 0 saturated heterocycles. The van der Waals surface area contributed by atoms with Gasteiger partial charge in [0.05, 0.1) is 6.54 Å². The topological polar surface area (TPSA) is 82.7 Å². The molecule has 2 heterocycles. The van der Waals surface area contributed by atoms with E-state index in [1.165, 1.54) is 11.3 Å². The summed E-state index contributed by atoms with van der Waals surface area (Å²) >= 11 is 1.17. The van der Waals surface area contributed by atoms with Gasteiger partial charge >= 0.3 is 4.87 Å². The molecule has 0 unspecified atom stereocenters. The fraction of sp³-hybridized carbons (Fsp3) is 0.462. The van der Waals surface area contributed by atoms with E-state index in [4.69, 9.17) is 0 Å². The molecule has 7 heteroatoms. The Morgan fingerprint density at radius 1 is 1.30 bits per heavy atom. The molecule has 0 saturated carbocycles. The van der Waals surface area contributed by atoms with Gasteiger partial charge in [-0.3, -0.25) is 4.79 Å². The van der Waals surface area contributed by atoms with Gasteiger partial charge in [0, 0.05) is 23.2 Å². The van der Waals surface area contributed by atoms with Crippen LogP contribution in [0.1, 0.15) is 37.9 Å². The first-order chi connectivity index (χ1) is 9.61. The van der Waals surface area contributed by atoms with Crippen molar-refractivity contribution < 1.29 is 0 Å². The highest BCUT2D eigenvalue weighted by Crippen LogP contribution is 2.28. The maximum absolute atomic E-state index is 11.1. The Hall–Kier alpha value is -1.89. The number of hydrogen-bond donors (Lipinski definition) is 3. The highest BCUT2D eigenvalue weighted by Gasteiger charge is 2.14. The second kappa shape index (κ2) is 6.51. The van der Waals surface area contributed by atoms with Crippen molar-refractivity contribution in [3.63, 3.8) is 0 Å². The van der Waals surface area contributed by atoms with Gasteiger partial charge in [0.1, 0.15) is 18.0 Å². The lowest BCUT2D eigenvalue weighted by Gasteiger charge is -2.17. The lowest BCUT2D eigenvalue weighted by Crippen LogP contribution is -2.11. The molecule has 0 aromatic carbocycles. The van der Waals surface area contributed by atoms with E-state index in [-0.39, 0.29) is 4.87 Å². The van der Waals surface area contributed by atoms with Crippen LogP contribution < -0.4 is 15.5 Å². The fourth-order valence-electron chi connectivity index (χ4n) is 1.97. The summed E-state index contributed by atoms with van der Waals surface area (Å²) in [6.45, 7) is 7.61. The van der Waals surface area contributed by atoms with Crippen molar-refractivity contribution in [3.05, 3.63) is 32.6 Å². The van der Waals surface area contributed by atoms with Crippen molar-refractivity contribution in [3.8, 4) is 0 Å². The van der Waals surface area contributed by atoms with Gasteiger partial charge in [0.25, 0.3) is 0 Å². The molecule has 108 valence electrons. The van der Waals surface area contributed by atoms with Crippen LogP contribution in [0.15, 0.2) is 16.5 Å².